The molecule has 92 valence electrons. The number of hydrazone groups is 1. The van der Waals surface area contributed by atoms with Gasteiger partial charge in [0.2, 0.25) is 5.91 Å². The summed E-state index contributed by atoms with van der Waals surface area (Å²) >= 11 is 1.58. The van der Waals surface area contributed by atoms with E-state index in [1.54, 1.807) is 23.5 Å². The fraction of sp³-hybridized carbons (Fsp3) is 0.231. The van der Waals surface area contributed by atoms with E-state index in [4.69, 9.17) is 0 Å². The molecular weight excluding hydrogens is 248 g/mol. The molecule has 0 bridgehead atoms. The monoisotopic (exact) mass is 260 g/mol. The van der Waals surface area contributed by atoms with Gasteiger partial charge in [0, 0.05) is 17.0 Å². The SMILES string of the molecule is CC1CC(=O)NN=C1c1cc2ccc(O)cc2s1. The van der Waals surface area contributed by atoms with Gasteiger partial charge in [-0.2, -0.15) is 5.10 Å². The van der Waals surface area contributed by atoms with Gasteiger partial charge >= 0.3 is 0 Å². The summed E-state index contributed by atoms with van der Waals surface area (Å²) in [4.78, 5) is 12.3. The van der Waals surface area contributed by atoms with Gasteiger partial charge < -0.3 is 5.11 Å². The molecule has 1 aliphatic heterocycles. The van der Waals surface area contributed by atoms with Gasteiger partial charge in [0.05, 0.1) is 10.6 Å². The van der Waals surface area contributed by atoms with E-state index >= 15 is 0 Å². The molecule has 3 rings (SSSR count). The Morgan fingerprint density at radius 2 is 2.28 bits per heavy atom. The molecule has 4 nitrogen and oxygen atoms in total. The van der Waals surface area contributed by atoms with Gasteiger partial charge in [0.25, 0.3) is 0 Å². The van der Waals surface area contributed by atoms with Crippen LogP contribution in [0.1, 0.15) is 18.2 Å². The van der Waals surface area contributed by atoms with Crippen LogP contribution >= 0.6 is 11.3 Å². The number of benzene rings is 1. The molecule has 1 aromatic heterocycles. The molecule has 2 N–H and O–H groups in total. The summed E-state index contributed by atoms with van der Waals surface area (Å²) in [6.45, 7) is 2.00. The van der Waals surface area contributed by atoms with E-state index in [2.05, 4.69) is 10.5 Å². The zero-order valence-electron chi connectivity index (χ0n) is 9.80. The number of aromatic hydroxyl groups is 1. The highest BCUT2D eigenvalue weighted by molar-refractivity contribution is 7.21. The number of rotatable bonds is 1. The molecule has 0 fully saturated rings. The summed E-state index contributed by atoms with van der Waals surface area (Å²) < 4.78 is 1.02. The first kappa shape index (κ1) is 11.2. The van der Waals surface area contributed by atoms with Crippen molar-refractivity contribution < 1.29 is 9.90 Å². The Balaban J connectivity index is 2.07. The number of fused-ring (bicyclic) bond motifs is 1. The molecular formula is C13H12N2O2S. The number of thiophene rings is 1. The van der Waals surface area contributed by atoms with Crippen molar-refractivity contribution in [3.8, 4) is 5.75 Å². The van der Waals surface area contributed by atoms with E-state index in [1.807, 2.05) is 19.1 Å². The summed E-state index contributed by atoms with van der Waals surface area (Å²) in [5.74, 6) is 0.355. The van der Waals surface area contributed by atoms with Crippen molar-refractivity contribution in [1.29, 1.82) is 0 Å². The maximum Gasteiger partial charge on any atom is 0.240 e. The second-order valence-electron chi connectivity index (χ2n) is 4.47. The fourth-order valence-corrected chi connectivity index (χ4v) is 3.30. The minimum Gasteiger partial charge on any atom is -0.508 e. The number of carbonyl (C=O) groups excluding carboxylic acids is 1. The number of amides is 1. The molecule has 1 atom stereocenters. The predicted octanol–water partition coefficient (Wildman–Crippen LogP) is 2.47. The Bertz CT molecular complexity index is 660. The van der Waals surface area contributed by atoms with E-state index in [9.17, 15) is 9.90 Å². The number of hydrogen-bond acceptors (Lipinski definition) is 4. The lowest BCUT2D eigenvalue weighted by atomic mass is 9.99. The molecule has 1 aliphatic rings. The van der Waals surface area contributed by atoms with E-state index in [-0.39, 0.29) is 17.6 Å². The van der Waals surface area contributed by atoms with E-state index in [1.165, 1.54) is 0 Å². The van der Waals surface area contributed by atoms with Crippen molar-refractivity contribution >= 4 is 33.0 Å². The predicted molar refractivity (Wildman–Crippen MR) is 72.0 cm³/mol. The average Bonchev–Trinajstić information content (AvgIpc) is 2.71. The Hall–Kier alpha value is -1.88. The fourth-order valence-electron chi connectivity index (χ4n) is 2.10. The van der Waals surface area contributed by atoms with Gasteiger partial charge in [-0.15, -0.1) is 11.3 Å². The summed E-state index contributed by atoms with van der Waals surface area (Å²) in [5.41, 5.74) is 3.44. The Kier molecular flexibility index (Phi) is 2.56. The number of nitrogens with one attached hydrogen (secondary N) is 1. The van der Waals surface area contributed by atoms with Crippen LogP contribution in [0.2, 0.25) is 0 Å². The maximum atomic E-state index is 11.2. The lowest BCUT2D eigenvalue weighted by Crippen LogP contribution is -2.31. The summed E-state index contributed by atoms with van der Waals surface area (Å²) in [6, 6.07) is 7.35. The summed E-state index contributed by atoms with van der Waals surface area (Å²) in [5, 5.41) is 14.7. The topological polar surface area (TPSA) is 61.7 Å². The summed E-state index contributed by atoms with van der Waals surface area (Å²) in [7, 11) is 0. The van der Waals surface area contributed by atoms with Crippen LogP contribution in [0.25, 0.3) is 10.1 Å². The van der Waals surface area contributed by atoms with Crippen LogP contribution in [-0.2, 0) is 4.79 Å². The highest BCUT2D eigenvalue weighted by Gasteiger charge is 2.22. The van der Waals surface area contributed by atoms with E-state index in [0.29, 0.717) is 6.42 Å². The molecule has 0 spiro atoms. The quantitative estimate of drug-likeness (QED) is 0.827. The lowest BCUT2D eigenvalue weighted by molar-refractivity contribution is -0.121. The Morgan fingerprint density at radius 3 is 3.06 bits per heavy atom. The molecule has 0 radical (unpaired) electrons. The van der Waals surface area contributed by atoms with Crippen LogP contribution in [-0.4, -0.2) is 16.7 Å². The van der Waals surface area contributed by atoms with Crippen molar-refractivity contribution in [2.75, 3.05) is 0 Å². The van der Waals surface area contributed by atoms with Gasteiger partial charge in [-0.1, -0.05) is 6.92 Å². The zero-order chi connectivity index (χ0) is 12.7. The van der Waals surface area contributed by atoms with Crippen LogP contribution in [0.4, 0.5) is 0 Å². The molecule has 1 aromatic carbocycles. The first-order chi connectivity index (χ1) is 8.63. The van der Waals surface area contributed by atoms with Gasteiger partial charge in [0.15, 0.2) is 0 Å². The number of hydrogen-bond donors (Lipinski definition) is 2. The Morgan fingerprint density at radius 1 is 1.44 bits per heavy atom. The van der Waals surface area contributed by atoms with Crippen molar-refractivity contribution in [2.24, 2.45) is 11.0 Å². The van der Waals surface area contributed by atoms with E-state index < -0.39 is 0 Å². The summed E-state index contributed by atoms with van der Waals surface area (Å²) in [6.07, 6.45) is 0.471. The second kappa shape index (κ2) is 4.10. The number of phenolic OH excluding ortho intramolecular Hbond substituents is 1. The average molecular weight is 260 g/mol. The molecule has 5 heteroatoms. The second-order valence-corrected chi connectivity index (χ2v) is 5.55. The Labute approximate surface area is 108 Å². The van der Waals surface area contributed by atoms with Crippen LogP contribution in [0.15, 0.2) is 29.4 Å². The minimum atomic E-state index is -0.0370. The molecule has 0 saturated carbocycles. The van der Waals surface area contributed by atoms with Gasteiger partial charge in [-0.3, -0.25) is 4.79 Å². The molecule has 1 unspecified atom stereocenters. The van der Waals surface area contributed by atoms with Gasteiger partial charge in [0.1, 0.15) is 5.75 Å². The van der Waals surface area contributed by atoms with Crippen molar-refractivity contribution in [2.45, 2.75) is 13.3 Å². The number of nitrogens with zero attached hydrogens (tertiary/aromatic N) is 1. The highest BCUT2D eigenvalue weighted by Crippen LogP contribution is 2.31. The standard InChI is InChI=1S/C13H12N2O2S/c1-7-4-12(17)14-15-13(7)11-5-8-2-3-9(16)6-10(8)18-11/h2-3,5-7,16H,4H2,1H3,(H,14,17). The third kappa shape index (κ3) is 1.86. The molecule has 0 aliphatic carbocycles. The first-order valence-electron chi connectivity index (χ1n) is 5.73. The van der Waals surface area contributed by atoms with Gasteiger partial charge in [-0.05, 0) is 29.7 Å². The highest BCUT2D eigenvalue weighted by atomic mass is 32.1. The maximum absolute atomic E-state index is 11.2. The minimum absolute atomic E-state index is 0.0370. The van der Waals surface area contributed by atoms with Crippen molar-refractivity contribution in [3.63, 3.8) is 0 Å². The molecule has 18 heavy (non-hydrogen) atoms. The van der Waals surface area contributed by atoms with Crippen LogP contribution in [0.3, 0.4) is 0 Å². The smallest absolute Gasteiger partial charge is 0.240 e. The number of phenols is 1. The third-order valence-electron chi connectivity index (χ3n) is 3.02. The molecule has 0 saturated heterocycles. The molecule has 2 heterocycles. The van der Waals surface area contributed by atoms with Crippen molar-refractivity contribution in [1.82, 2.24) is 5.43 Å². The van der Waals surface area contributed by atoms with Crippen LogP contribution in [0.5, 0.6) is 5.75 Å². The van der Waals surface area contributed by atoms with Gasteiger partial charge in [-0.25, -0.2) is 5.43 Å². The van der Waals surface area contributed by atoms with Crippen LogP contribution in [0, 0.1) is 5.92 Å². The molecule has 2 aromatic rings. The first-order valence-corrected chi connectivity index (χ1v) is 6.54. The van der Waals surface area contributed by atoms with Crippen molar-refractivity contribution in [3.05, 3.63) is 29.1 Å². The third-order valence-corrected chi connectivity index (χ3v) is 4.14. The molecule has 1 amide bonds. The lowest BCUT2D eigenvalue weighted by Gasteiger charge is -2.17. The largest absolute Gasteiger partial charge is 0.508 e. The van der Waals surface area contributed by atoms with E-state index in [0.717, 1.165) is 20.7 Å². The number of carbonyl (C=O) groups is 1. The zero-order valence-corrected chi connectivity index (χ0v) is 10.6. The van der Waals surface area contributed by atoms with Crippen LogP contribution < -0.4 is 5.43 Å². The normalized spacial score (nSPS) is 19.7.